The largest absolute Gasteiger partial charge is 0.330 e. The molecular formula is C10H14Cl2N2O2S. The van der Waals surface area contributed by atoms with Gasteiger partial charge in [-0.2, -0.15) is 0 Å². The highest BCUT2D eigenvalue weighted by atomic mass is 35.5. The zero-order valence-corrected chi connectivity index (χ0v) is 11.7. The van der Waals surface area contributed by atoms with Gasteiger partial charge in [0.25, 0.3) is 0 Å². The molecule has 0 bridgehead atoms. The molecule has 0 heterocycles. The number of hydrogen-bond donors (Lipinski definition) is 2. The summed E-state index contributed by atoms with van der Waals surface area (Å²) in [5, 5.41) is 0.589. The number of nitrogens with one attached hydrogen (secondary N) is 1. The van der Waals surface area contributed by atoms with Crippen LogP contribution in [0.5, 0.6) is 0 Å². The first-order valence-electron chi connectivity index (χ1n) is 5.02. The van der Waals surface area contributed by atoms with Crippen molar-refractivity contribution in [1.29, 1.82) is 0 Å². The van der Waals surface area contributed by atoms with Gasteiger partial charge in [-0.05, 0) is 31.5 Å². The van der Waals surface area contributed by atoms with Gasteiger partial charge in [0.2, 0.25) is 10.0 Å². The topological polar surface area (TPSA) is 72.2 Å². The van der Waals surface area contributed by atoms with Gasteiger partial charge in [-0.1, -0.05) is 29.3 Å². The lowest BCUT2D eigenvalue weighted by Gasteiger charge is -2.12. The van der Waals surface area contributed by atoms with Crippen LogP contribution in [-0.2, 0) is 10.0 Å². The fourth-order valence-corrected chi connectivity index (χ4v) is 2.98. The third-order valence-electron chi connectivity index (χ3n) is 2.16. The molecule has 1 aromatic rings. The summed E-state index contributed by atoms with van der Waals surface area (Å²) in [6, 6.07) is 3.33. The second-order valence-electron chi connectivity index (χ2n) is 3.62. The average Bonchev–Trinajstić information content (AvgIpc) is 2.27. The lowest BCUT2D eigenvalue weighted by atomic mass is 10.2. The number of sulfonamides is 1. The van der Waals surface area contributed by atoms with Crippen LogP contribution in [0.2, 0.25) is 10.0 Å². The molecule has 0 aliphatic heterocycles. The van der Waals surface area contributed by atoms with Crippen molar-refractivity contribution in [3.05, 3.63) is 27.7 Å². The highest BCUT2D eigenvalue weighted by Crippen LogP contribution is 2.33. The molecule has 0 unspecified atom stereocenters. The van der Waals surface area contributed by atoms with Crippen LogP contribution in [0.1, 0.15) is 12.0 Å². The van der Waals surface area contributed by atoms with Crippen molar-refractivity contribution >= 4 is 38.9 Å². The SMILES string of the molecule is Cc1ccc(Cl)c(NS(=O)(=O)CCCN)c1Cl. The second-order valence-corrected chi connectivity index (χ2v) is 6.24. The first-order chi connectivity index (χ1) is 7.87. The summed E-state index contributed by atoms with van der Waals surface area (Å²) in [7, 11) is -3.46. The van der Waals surface area contributed by atoms with Gasteiger partial charge in [0.1, 0.15) is 0 Å². The van der Waals surface area contributed by atoms with E-state index >= 15 is 0 Å². The Morgan fingerprint density at radius 2 is 2.00 bits per heavy atom. The lowest BCUT2D eigenvalue weighted by Crippen LogP contribution is -2.19. The van der Waals surface area contributed by atoms with E-state index in [0.29, 0.717) is 18.0 Å². The smallest absolute Gasteiger partial charge is 0.232 e. The van der Waals surface area contributed by atoms with Gasteiger partial charge in [0, 0.05) is 0 Å². The molecule has 0 radical (unpaired) electrons. The van der Waals surface area contributed by atoms with Crippen molar-refractivity contribution in [2.24, 2.45) is 5.73 Å². The fourth-order valence-electron chi connectivity index (χ4n) is 1.23. The van der Waals surface area contributed by atoms with E-state index in [-0.39, 0.29) is 16.5 Å². The van der Waals surface area contributed by atoms with E-state index < -0.39 is 10.0 Å². The quantitative estimate of drug-likeness (QED) is 0.876. The molecule has 0 atom stereocenters. The summed E-state index contributed by atoms with van der Waals surface area (Å²) in [5.41, 5.74) is 6.25. The van der Waals surface area contributed by atoms with E-state index in [4.69, 9.17) is 28.9 Å². The number of aryl methyl sites for hydroxylation is 1. The molecular weight excluding hydrogens is 283 g/mol. The molecule has 0 aliphatic rings. The normalized spacial score (nSPS) is 11.5. The van der Waals surface area contributed by atoms with Crippen LogP contribution in [0.25, 0.3) is 0 Å². The Morgan fingerprint density at radius 1 is 1.35 bits per heavy atom. The van der Waals surface area contributed by atoms with Gasteiger partial charge in [-0.15, -0.1) is 0 Å². The Labute approximate surface area is 111 Å². The maximum atomic E-state index is 11.7. The molecule has 7 heteroatoms. The van der Waals surface area contributed by atoms with E-state index in [1.165, 1.54) is 0 Å². The van der Waals surface area contributed by atoms with E-state index in [1.807, 2.05) is 0 Å². The van der Waals surface area contributed by atoms with Crippen molar-refractivity contribution < 1.29 is 8.42 Å². The van der Waals surface area contributed by atoms with Gasteiger partial charge in [-0.25, -0.2) is 8.42 Å². The summed E-state index contributed by atoms with van der Waals surface area (Å²) < 4.78 is 25.8. The van der Waals surface area contributed by atoms with Gasteiger partial charge in [0.15, 0.2) is 0 Å². The number of rotatable bonds is 5. The standard InChI is InChI=1S/C10H14Cl2N2O2S/c1-7-3-4-8(11)10(9(7)12)14-17(15,16)6-2-5-13/h3-4,14H,2,5-6,13H2,1H3. The molecule has 0 aromatic heterocycles. The van der Waals surface area contributed by atoms with Gasteiger partial charge >= 0.3 is 0 Å². The number of halogens is 2. The zero-order chi connectivity index (χ0) is 13.1. The monoisotopic (exact) mass is 296 g/mol. The van der Waals surface area contributed by atoms with E-state index in [2.05, 4.69) is 4.72 Å². The van der Waals surface area contributed by atoms with Gasteiger partial charge in [0.05, 0.1) is 21.5 Å². The van der Waals surface area contributed by atoms with Crippen molar-refractivity contribution in [2.45, 2.75) is 13.3 Å². The lowest BCUT2D eigenvalue weighted by molar-refractivity contribution is 0.599. The van der Waals surface area contributed by atoms with Crippen LogP contribution < -0.4 is 10.5 Å². The van der Waals surface area contributed by atoms with E-state index in [1.54, 1.807) is 19.1 Å². The average molecular weight is 297 g/mol. The predicted octanol–water partition coefficient (Wildman–Crippen LogP) is 2.39. The fraction of sp³-hybridized carbons (Fsp3) is 0.400. The Hall–Kier alpha value is -0.490. The van der Waals surface area contributed by atoms with Gasteiger partial charge in [-0.3, -0.25) is 4.72 Å². The number of benzene rings is 1. The van der Waals surface area contributed by atoms with Crippen LogP contribution in [0, 0.1) is 6.92 Å². The minimum absolute atomic E-state index is 0.0515. The molecule has 17 heavy (non-hydrogen) atoms. The first-order valence-corrected chi connectivity index (χ1v) is 7.43. The van der Waals surface area contributed by atoms with Crippen molar-refractivity contribution in [2.75, 3.05) is 17.0 Å². The van der Waals surface area contributed by atoms with Crippen LogP contribution in [0.4, 0.5) is 5.69 Å². The number of nitrogens with two attached hydrogens (primary N) is 1. The van der Waals surface area contributed by atoms with E-state index in [0.717, 1.165) is 5.56 Å². The summed E-state index contributed by atoms with van der Waals surface area (Å²) in [4.78, 5) is 0. The molecule has 0 saturated carbocycles. The molecule has 1 aromatic carbocycles. The molecule has 3 N–H and O–H groups in total. The Kier molecular flexibility index (Phi) is 5.06. The third-order valence-corrected chi connectivity index (χ3v) is 4.30. The maximum absolute atomic E-state index is 11.7. The second kappa shape index (κ2) is 5.91. The van der Waals surface area contributed by atoms with Crippen molar-refractivity contribution in [1.82, 2.24) is 0 Å². The Morgan fingerprint density at radius 3 is 2.59 bits per heavy atom. The van der Waals surface area contributed by atoms with E-state index in [9.17, 15) is 8.42 Å². The molecule has 0 amide bonds. The molecule has 0 fully saturated rings. The van der Waals surface area contributed by atoms with Crippen LogP contribution in [0.15, 0.2) is 12.1 Å². The van der Waals surface area contributed by atoms with Crippen molar-refractivity contribution in [3.8, 4) is 0 Å². The molecule has 0 aliphatic carbocycles. The maximum Gasteiger partial charge on any atom is 0.232 e. The molecule has 0 saturated heterocycles. The van der Waals surface area contributed by atoms with Crippen LogP contribution in [-0.4, -0.2) is 20.7 Å². The summed E-state index contributed by atoms with van der Waals surface area (Å²) in [6.07, 6.45) is 0.385. The summed E-state index contributed by atoms with van der Waals surface area (Å²) in [6.45, 7) is 2.09. The molecule has 1 rings (SSSR count). The Bertz CT molecular complexity index is 503. The minimum atomic E-state index is -3.46. The molecule has 4 nitrogen and oxygen atoms in total. The first kappa shape index (κ1) is 14.6. The molecule has 96 valence electrons. The highest BCUT2D eigenvalue weighted by molar-refractivity contribution is 7.92. The van der Waals surface area contributed by atoms with Crippen LogP contribution >= 0.6 is 23.2 Å². The zero-order valence-electron chi connectivity index (χ0n) is 9.33. The number of anilines is 1. The molecule has 0 spiro atoms. The predicted molar refractivity (Wildman–Crippen MR) is 72.3 cm³/mol. The minimum Gasteiger partial charge on any atom is -0.330 e. The number of hydrogen-bond acceptors (Lipinski definition) is 3. The summed E-state index contributed by atoms with van der Waals surface area (Å²) >= 11 is 11.9. The Balaban J connectivity index is 2.99. The highest BCUT2D eigenvalue weighted by Gasteiger charge is 2.15. The summed E-state index contributed by atoms with van der Waals surface area (Å²) in [5.74, 6) is -0.0515. The van der Waals surface area contributed by atoms with Crippen LogP contribution in [0.3, 0.4) is 0 Å². The third kappa shape index (κ3) is 4.03. The van der Waals surface area contributed by atoms with Crippen molar-refractivity contribution in [3.63, 3.8) is 0 Å². The van der Waals surface area contributed by atoms with Gasteiger partial charge < -0.3 is 5.73 Å².